The summed E-state index contributed by atoms with van der Waals surface area (Å²) < 4.78 is 25.8. The average Bonchev–Trinajstić information content (AvgIpc) is 2.57. The Morgan fingerprint density at radius 2 is 1.71 bits per heavy atom. The molecule has 1 amide bonds. The van der Waals surface area contributed by atoms with Crippen LogP contribution >= 0.6 is 0 Å². The highest BCUT2D eigenvalue weighted by atomic mass is 19.1. The molecule has 0 unspecified atom stereocenters. The average molecular weight is 293 g/mol. The van der Waals surface area contributed by atoms with E-state index in [1.807, 2.05) is 27.7 Å². The molecular weight excluding hydrogens is 272 g/mol. The number of carbonyl (C=O) groups excluding carboxylic acids is 1. The summed E-state index contributed by atoms with van der Waals surface area (Å²) in [7, 11) is 0.856. The fraction of sp³-hybridized carbons (Fsp3) is 0.533. The van der Waals surface area contributed by atoms with Crippen LogP contribution in [-0.4, -0.2) is 31.3 Å². The Kier molecular flexibility index (Phi) is 3.89. The summed E-state index contributed by atoms with van der Waals surface area (Å²) in [6.07, 6.45) is 0. The highest BCUT2D eigenvalue weighted by Crippen LogP contribution is 2.36. The fourth-order valence-electron chi connectivity index (χ4n) is 2.22. The Bertz CT molecular complexity index is 571. The summed E-state index contributed by atoms with van der Waals surface area (Å²) in [5.74, 6) is -1.02. The van der Waals surface area contributed by atoms with Gasteiger partial charge in [0, 0.05) is 7.05 Å². The maximum absolute atomic E-state index is 13.9. The lowest BCUT2D eigenvalue weighted by Gasteiger charge is -2.32. The van der Waals surface area contributed by atoms with E-state index < -0.39 is 30.0 Å². The van der Waals surface area contributed by atoms with Gasteiger partial charge in [-0.2, -0.15) is 0 Å². The van der Waals surface area contributed by atoms with E-state index in [-0.39, 0.29) is 5.56 Å². The van der Waals surface area contributed by atoms with Gasteiger partial charge in [-0.05, 0) is 57.8 Å². The second-order valence-electron chi connectivity index (χ2n) is 6.36. The van der Waals surface area contributed by atoms with Crippen molar-refractivity contribution in [2.75, 3.05) is 7.05 Å². The van der Waals surface area contributed by atoms with Gasteiger partial charge in [-0.1, -0.05) is 0 Å². The molecule has 21 heavy (non-hydrogen) atoms. The van der Waals surface area contributed by atoms with E-state index in [4.69, 9.17) is 9.31 Å². The number of hydrogen-bond acceptors (Lipinski definition) is 3. The third-order valence-corrected chi connectivity index (χ3v) is 4.33. The monoisotopic (exact) mass is 293 g/mol. The van der Waals surface area contributed by atoms with Crippen molar-refractivity contribution in [1.82, 2.24) is 5.32 Å². The smallest absolute Gasteiger partial charge is 0.399 e. The van der Waals surface area contributed by atoms with Crippen LogP contribution in [-0.2, 0) is 9.31 Å². The Balaban J connectivity index is 2.44. The number of aryl methyl sites for hydroxylation is 1. The van der Waals surface area contributed by atoms with E-state index in [0.29, 0.717) is 11.0 Å². The van der Waals surface area contributed by atoms with Gasteiger partial charge in [0.25, 0.3) is 5.91 Å². The van der Waals surface area contributed by atoms with Gasteiger partial charge in [0.05, 0.1) is 16.8 Å². The van der Waals surface area contributed by atoms with Gasteiger partial charge in [-0.25, -0.2) is 4.39 Å². The number of benzene rings is 1. The molecule has 0 radical (unpaired) electrons. The van der Waals surface area contributed by atoms with Gasteiger partial charge in [-0.3, -0.25) is 4.79 Å². The lowest BCUT2D eigenvalue weighted by Crippen LogP contribution is -2.41. The normalized spacial score (nSPS) is 19.7. The molecule has 1 fully saturated rings. The maximum atomic E-state index is 13.9. The van der Waals surface area contributed by atoms with Crippen molar-refractivity contribution in [3.63, 3.8) is 0 Å². The minimum atomic E-state index is -0.612. The van der Waals surface area contributed by atoms with Crippen molar-refractivity contribution < 1.29 is 18.5 Å². The van der Waals surface area contributed by atoms with E-state index in [1.165, 1.54) is 19.2 Å². The molecular formula is C15H21BFNO3. The summed E-state index contributed by atoms with van der Waals surface area (Å²) in [6.45, 7) is 9.57. The van der Waals surface area contributed by atoms with Gasteiger partial charge in [0.15, 0.2) is 0 Å². The summed E-state index contributed by atoms with van der Waals surface area (Å²) in [4.78, 5) is 11.7. The van der Waals surface area contributed by atoms with Crippen LogP contribution in [0.5, 0.6) is 0 Å². The molecule has 0 spiro atoms. The van der Waals surface area contributed by atoms with Crippen molar-refractivity contribution in [1.29, 1.82) is 0 Å². The van der Waals surface area contributed by atoms with E-state index in [2.05, 4.69) is 5.32 Å². The van der Waals surface area contributed by atoms with E-state index in [9.17, 15) is 9.18 Å². The Morgan fingerprint density at radius 3 is 2.19 bits per heavy atom. The van der Waals surface area contributed by atoms with E-state index in [1.54, 1.807) is 6.92 Å². The first kappa shape index (κ1) is 16.0. The lowest BCUT2D eigenvalue weighted by atomic mass is 9.75. The number of carbonyl (C=O) groups is 1. The van der Waals surface area contributed by atoms with Crippen LogP contribution in [0.25, 0.3) is 0 Å². The maximum Gasteiger partial charge on any atom is 0.495 e. The zero-order chi connectivity index (χ0) is 16.0. The third kappa shape index (κ3) is 2.70. The van der Waals surface area contributed by atoms with Gasteiger partial charge < -0.3 is 14.6 Å². The predicted octanol–water partition coefficient (Wildman–Crippen LogP) is 1.79. The minimum Gasteiger partial charge on any atom is -0.399 e. The van der Waals surface area contributed by atoms with Crippen LogP contribution < -0.4 is 10.8 Å². The number of amides is 1. The lowest BCUT2D eigenvalue weighted by molar-refractivity contribution is 0.00578. The highest BCUT2D eigenvalue weighted by molar-refractivity contribution is 6.62. The summed E-state index contributed by atoms with van der Waals surface area (Å²) in [6, 6.07) is 2.84. The van der Waals surface area contributed by atoms with Gasteiger partial charge in [-0.15, -0.1) is 0 Å². The molecule has 0 aliphatic carbocycles. The molecule has 1 aliphatic heterocycles. The first-order valence-electron chi connectivity index (χ1n) is 6.97. The van der Waals surface area contributed by atoms with Crippen molar-refractivity contribution in [2.24, 2.45) is 0 Å². The molecule has 6 heteroatoms. The summed E-state index contributed by atoms with van der Waals surface area (Å²) in [5.41, 5.74) is 0.400. The molecule has 0 bridgehead atoms. The van der Waals surface area contributed by atoms with Crippen LogP contribution in [0.4, 0.5) is 4.39 Å². The van der Waals surface area contributed by atoms with E-state index >= 15 is 0 Å². The Hall–Kier alpha value is -1.40. The van der Waals surface area contributed by atoms with Crippen LogP contribution in [0.15, 0.2) is 12.1 Å². The largest absolute Gasteiger partial charge is 0.495 e. The zero-order valence-electron chi connectivity index (χ0n) is 13.3. The molecule has 0 atom stereocenters. The highest BCUT2D eigenvalue weighted by Gasteiger charge is 2.52. The van der Waals surface area contributed by atoms with Crippen molar-refractivity contribution in [3.05, 3.63) is 29.1 Å². The molecule has 1 aliphatic rings. The molecule has 4 nitrogen and oxygen atoms in total. The second kappa shape index (κ2) is 5.11. The molecule has 1 heterocycles. The Morgan fingerprint density at radius 1 is 1.19 bits per heavy atom. The minimum absolute atomic E-state index is 0.00666. The number of rotatable bonds is 2. The molecule has 1 N–H and O–H groups in total. The van der Waals surface area contributed by atoms with Crippen LogP contribution in [0.1, 0.15) is 43.6 Å². The second-order valence-corrected chi connectivity index (χ2v) is 6.36. The standard InChI is InChI=1S/C15H21BFNO3/c1-9-7-12(17)10(13(19)18-6)8-11(9)16-20-14(2,3)15(4,5)21-16/h7-8H,1-6H3,(H,18,19). The Labute approximate surface area is 125 Å². The van der Waals surface area contributed by atoms with Crippen LogP contribution in [0.2, 0.25) is 0 Å². The molecule has 0 saturated carbocycles. The number of halogens is 1. The molecule has 0 aromatic heterocycles. The first-order chi connectivity index (χ1) is 9.59. The molecule has 114 valence electrons. The molecule has 1 saturated heterocycles. The quantitative estimate of drug-likeness (QED) is 0.846. The van der Waals surface area contributed by atoms with Gasteiger partial charge in [0.1, 0.15) is 5.82 Å². The topological polar surface area (TPSA) is 47.6 Å². The van der Waals surface area contributed by atoms with Crippen LogP contribution in [0, 0.1) is 12.7 Å². The van der Waals surface area contributed by atoms with E-state index in [0.717, 1.165) is 0 Å². The molecule has 1 aromatic rings. The van der Waals surface area contributed by atoms with Crippen LogP contribution in [0.3, 0.4) is 0 Å². The third-order valence-electron chi connectivity index (χ3n) is 4.33. The predicted molar refractivity (Wildman–Crippen MR) is 80.2 cm³/mol. The SMILES string of the molecule is CNC(=O)c1cc(B2OC(C)(C)C(C)(C)O2)c(C)cc1F. The fourth-order valence-corrected chi connectivity index (χ4v) is 2.22. The first-order valence-corrected chi connectivity index (χ1v) is 6.97. The number of hydrogen-bond donors (Lipinski definition) is 1. The number of nitrogens with one attached hydrogen (secondary N) is 1. The molecule has 2 rings (SSSR count). The summed E-state index contributed by atoms with van der Waals surface area (Å²) in [5, 5.41) is 2.43. The van der Waals surface area contributed by atoms with Crippen molar-refractivity contribution >= 4 is 18.5 Å². The zero-order valence-corrected chi connectivity index (χ0v) is 13.3. The van der Waals surface area contributed by atoms with Crippen molar-refractivity contribution in [3.8, 4) is 0 Å². The molecule has 1 aromatic carbocycles. The summed E-state index contributed by atoms with van der Waals surface area (Å²) >= 11 is 0. The van der Waals surface area contributed by atoms with Gasteiger partial charge >= 0.3 is 7.12 Å². The van der Waals surface area contributed by atoms with Gasteiger partial charge in [0.2, 0.25) is 0 Å². The van der Waals surface area contributed by atoms with Crippen molar-refractivity contribution in [2.45, 2.75) is 45.8 Å².